The number of nitrogens with zero attached hydrogens (tertiary/aromatic N) is 1. The molecule has 172 valence electrons. The summed E-state index contributed by atoms with van der Waals surface area (Å²) in [5, 5.41) is 4.16. The van der Waals surface area contributed by atoms with Gasteiger partial charge in [-0.25, -0.2) is 5.43 Å². The Kier molecular flexibility index (Phi) is 7.13. The molecule has 0 aromatic heterocycles. The van der Waals surface area contributed by atoms with E-state index in [1.807, 2.05) is 0 Å². The largest absolute Gasteiger partial charge is 0.416 e. The Morgan fingerprint density at radius 3 is 2.36 bits per heavy atom. The normalized spacial score (nSPS) is 12.2. The van der Waals surface area contributed by atoms with Crippen LogP contribution in [0, 0.1) is 0 Å². The molecule has 33 heavy (non-hydrogen) atoms. The average Bonchev–Trinajstić information content (AvgIpc) is 2.74. The van der Waals surface area contributed by atoms with Crippen LogP contribution in [0.25, 0.3) is 11.1 Å². The van der Waals surface area contributed by atoms with Crippen molar-refractivity contribution in [2.24, 2.45) is 5.10 Å². The highest BCUT2D eigenvalue weighted by Crippen LogP contribution is 2.36. The number of hydrazone groups is 1. The highest BCUT2D eigenvalue weighted by molar-refractivity contribution is 7.86. The van der Waals surface area contributed by atoms with Gasteiger partial charge in [0.05, 0.1) is 22.4 Å². The van der Waals surface area contributed by atoms with Gasteiger partial charge in [0.25, 0.3) is 16.0 Å². The fourth-order valence-corrected chi connectivity index (χ4v) is 3.95. The molecule has 2 N–H and O–H groups in total. The lowest BCUT2D eigenvalue weighted by atomic mass is 9.98. The Morgan fingerprint density at radius 1 is 1.00 bits per heavy atom. The van der Waals surface area contributed by atoms with Crippen molar-refractivity contribution in [2.75, 3.05) is 0 Å². The molecular weight excluding hydrogens is 504 g/mol. The molecule has 6 nitrogen and oxygen atoms in total. The predicted molar refractivity (Wildman–Crippen MR) is 118 cm³/mol. The summed E-state index contributed by atoms with van der Waals surface area (Å²) in [7, 11) is -4.85. The molecule has 0 fully saturated rings. The van der Waals surface area contributed by atoms with Crippen molar-refractivity contribution >= 4 is 45.4 Å². The van der Waals surface area contributed by atoms with Crippen molar-refractivity contribution in [3.05, 3.63) is 87.4 Å². The van der Waals surface area contributed by atoms with Gasteiger partial charge in [0.15, 0.2) is 0 Å². The van der Waals surface area contributed by atoms with Crippen LogP contribution in [0.2, 0.25) is 10.0 Å². The first-order valence-corrected chi connectivity index (χ1v) is 11.1. The smallest absolute Gasteiger partial charge is 0.282 e. The Bertz CT molecular complexity index is 1360. The first-order chi connectivity index (χ1) is 15.4. The summed E-state index contributed by atoms with van der Waals surface area (Å²) in [4.78, 5) is 11.6. The van der Waals surface area contributed by atoms with E-state index in [9.17, 15) is 30.9 Å². The molecule has 0 aliphatic heterocycles. The standard InChI is InChI=1S/C21H13Cl2F3N2O4S/c22-14-6-7-18(23)17(10-14)20(29)28-27-11-12-3-1-2-4-15(12)16-9-13(21(24,25)26)5-8-19(16)33(30,31)32/h1-11H,(H,28,29)(H,30,31,32). The van der Waals surface area contributed by atoms with Crippen LogP contribution in [0.15, 0.2) is 70.7 Å². The fraction of sp³-hybridized carbons (Fsp3) is 0.0476. The van der Waals surface area contributed by atoms with Crippen molar-refractivity contribution in [3.63, 3.8) is 0 Å². The average molecular weight is 517 g/mol. The van der Waals surface area contributed by atoms with Gasteiger partial charge in [-0.05, 0) is 42.0 Å². The van der Waals surface area contributed by atoms with Crippen LogP contribution in [0.5, 0.6) is 0 Å². The summed E-state index contributed by atoms with van der Waals surface area (Å²) in [5.41, 5.74) is 0.945. The number of hydrogen-bond donors (Lipinski definition) is 2. The minimum absolute atomic E-state index is 0.0232. The zero-order valence-electron chi connectivity index (χ0n) is 16.3. The number of amides is 1. The zero-order valence-corrected chi connectivity index (χ0v) is 18.6. The van der Waals surface area contributed by atoms with Gasteiger partial charge in [0, 0.05) is 16.1 Å². The van der Waals surface area contributed by atoms with E-state index in [-0.39, 0.29) is 26.7 Å². The molecule has 0 saturated heterocycles. The summed E-state index contributed by atoms with van der Waals surface area (Å²) in [6.07, 6.45) is -3.64. The quantitative estimate of drug-likeness (QED) is 0.258. The molecular formula is C21H13Cl2F3N2O4S. The molecule has 12 heteroatoms. The number of rotatable bonds is 5. The Hall–Kier alpha value is -2.92. The van der Waals surface area contributed by atoms with E-state index in [0.717, 1.165) is 6.21 Å². The summed E-state index contributed by atoms with van der Waals surface area (Å²) in [5.74, 6) is -0.700. The van der Waals surface area contributed by atoms with E-state index >= 15 is 0 Å². The van der Waals surface area contributed by atoms with Crippen molar-refractivity contribution in [1.29, 1.82) is 0 Å². The second-order valence-corrected chi connectivity index (χ2v) is 8.83. The third-order valence-electron chi connectivity index (χ3n) is 4.38. The zero-order chi connectivity index (χ0) is 24.4. The third-order valence-corrected chi connectivity index (χ3v) is 5.86. The molecule has 0 atom stereocenters. The number of hydrogen-bond acceptors (Lipinski definition) is 4. The van der Waals surface area contributed by atoms with Gasteiger partial charge >= 0.3 is 6.18 Å². The molecule has 3 aromatic rings. The maximum absolute atomic E-state index is 13.2. The second-order valence-electron chi connectivity index (χ2n) is 6.59. The third kappa shape index (κ3) is 5.91. The lowest BCUT2D eigenvalue weighted by Gasteiger charge is -2.14. The van der Waals surface area contributed by atoms with Crippen LogP contribution in [0.3, 0.4) is 0 Å². The Balaban J connectivity index is 2.02. The minimum Gasteiger partial charge on any atom is -0.282 e. The summed E-state index contributed by atoms with van der Waals surface area (Å²) >= 11 is 11.8. The summed E-state index contributed by atoms with van der Waals surface area (Å²) in [6, 6.07) is 11.8. The molecule has 0 bridgehead atoms. The maximum atomic E-state index is 13.2. The lowest BCUT2D eigenvalue weighted by Crippen LogP contribution is -2.18. The van der Waals surface area contributed by atoms with Gasteiger partial charge in [-0.1, -0.05) is 47.5 Å². The monoisotopic (exact) mass is 516 g/mol. The number of carbonyl (C=O) groups is 1. The van der Waals surface area contributed by atoms with Gasteiger partial charge in [-0.3, -0.25) is 9.35 Å². The van der Waals surface area contributed by atoms with Gasteiger partial charge in [0.1, 0.15) is 4.90 Å². The molecule has 3 rings (SSSR count). The van der Waals surface area contributed by atoms with Crippen LogP contribution in [0.4, 0.5) is 13.2 Å². The molecule has 0 aliphatic rings. The molecule has 0 spiro atoms. The van der Waals surface area contributed by atoms with E-state index < -0.39 is 38.2 Å². The van der Waals surface area contributed by atoms with E-state index in [1.165, 1.54) is 42.5 Å². The number of nitrogens with one attached hydrogen (secondary N) is 1. The van der Waals surface area contributed by atoms with Crippen molar-refractivity contribution in [2.45, 2.75) is 11.1 Å². The highest BCUT2D eigenvalue weighted by Gasteiger charge is 2.32. The number of benzene rings is 3. The van der Waals surface area contributed by atoms with Gasteiger partial charge in [-0.2, -0.15) is 26.7 Å². The minimum atomic E-state index is -4.85. The molecule has 3 aromatic carbocycles. The molecule has 0 aliphatic carbocycles. The summed E-state index contributed by atoms with van der Waals surface area (Å²) in [6.45, 7) is 0. The molecule has 0 radical (unpaired) electrons. The topological polar surface area (TPSA) is 95.8 Å². The SMILES string of the molecule is O=C(NN=Cc1ccccc1-c1cc(C(F)(F)F)ccc1S(=O)(=O)O)c1cc(Cl)ccc1Cl. The second kappa shape index (κ2) is 9.52. The van der Waals surface area contributed by atoms with E-state index in [1.54, 1.807) is 0 Å². The number of carbonyl (C=O) groups excluding carboxylic acids is 1. The Labute approximate surface area is 196 Å². The molecule has 0 heterocycles. The maximum Gasteiger partial charge on any atom is 0.416 e. The van der Waals surface area contributed by atoms with Crippen LogP contribution >= 0.6 is 23.2 Å². The molecule has 0 unspecified atom stereocenters. The van der Waals surface area contributed by atoms with E-state index in [0.29, 0.717) is 18.2 Å². The Morgan fingerprint density at radius 2 is 1.70 bits per heavy atom. The van der Waals surface area contributed by atoms with E-state index in [2.05, 4.69) is 10.5 Å². The van der Waals surface area contributed by atoms with Gasteiger partial charge in [0.2, 0.25) is 0 Å². The van der Waals surface area contributed by atoms with Gasteiger partial charge < -0.3 is 0 Å². The van der Waals surface area contributed by atoms with E-state index in [4.69, 9.17) is 23.2 Å². The van der Waals surface area contributed by atoms with Crippen molar-refractivity contribution in [3.8, 4) is 11.1 Å². The highest BCUT2D eigenvalue weighted by atomic mass is 35.5. The molecule has 1 amide bonds. The summed E-state index contributed by atoms with van der Waals surface area (Å²) < 4.78 is 72.7. The van der Waals surface area contributed by atoms with Crippen LogP contribution in [-0.2, 0) is 16.3 Å². The fourth-order valence-electron chi connectivity index (χ4n) is 2.89. The van der Waals surface area contributed by atoms with Crippen LogP contribution < -0.4 is 5.43 Å². The van der Waals surface area contributed by atoms with Gasteiger partial charge in [-0.15, -0.1) is 0 Å². The first-order valence-electron chi connectivity index (χ1n) is 8.94. The first kappa shape index (κ1) is 24.7. The lowest BCUT2D eigenvalue weighted by molar-refractivity contribution is -0.137. The molecule has 0 saturated carbocycles. The van der Waals surface area contributed by atoms with Crippen LogP contribution in [0.1, 0.15) is 21.5 Å². The number of alkyl halides is 3. The van der Waals surface area contributed by atoms with Crippen LogP contribution in [-0.4, -0.2) is 25.1 Å². The number of halogens is 5. The van der Waals surface area contributed by atoms with Crippen molar-refractivity contribution < 1.29 is 30.9 Å². The predicted octanol–water partition coefficient (Wildman–Crippen LogP) is 5.69. The van der Waals surface area contributed by atoms with Crippen molar-refractivity contribution in [1.82, 2.24) is 5.43 Å².